The summed E-state index contributed by atoms with van der Waals surface area (Å²) in [6.07, 6.45) is -0.634. The number of nitrogens with zero attached hydrogens (tertiary/aromatic N) is 1. The zero-order valence-electron chi connectivity index (χ0n) is 12.0. The standard InChI is InChI=1S/C14H13BrF2N2O2S/c1-14(2,3)21-13(20)19-12-18-10(11(15)22-12)7-4-5-8(16)9(17)6-7/h4-6H,1-3H3,(H,18,19,20). The molecule has 0 aliphatic rings. The summed E-state index contributed by atoms with van der Waals surface area (Å²) < 4.78 is 32.0. The lowest BCUT2D eigenvalue weighted by Gasteiger charge is -2.18. The minimum atomic E-state index is -0.959. The van der Waals surface area contributed by atoms with Crippen molar-refractivity contribution in [3.8, 4) is 11.3 Å². The fourth-order valence-corrected chi connectivity index (χ4v) is 3.05. The Balaban J connectivity index is 2.21. The van der Waals surface area contributed by atoms with Gasteiger partial charge in [-0.1, -0.05) is 11.3 Å². The van der Waals surface area contributed by atoms with E-state index in [1.165, 1.54) is 6.07 Å². The maximum Gasteiger partial charge on any atom is 0.413 e. The van der Waals surface area contributed by atoms with Crippen LogP contribution >= 0.6 is 27.3 Å². The van der Waals surface area contributed by atoms with Crippen LogP contribution in [0.4, 0.5) is 18.7 Å². The van der Waals surface area contributed by atoms with E-state index >= 15 is 0 Å². The number of carbonyl (C=O) groups is 1. The molecule has 8 heteroatoms. The zero-order valence-corrected chi connectivity index (χ0v) is 14.4. The van der Waals surface area contributed by atoms with E-state index in [-0.39, 0.29) is 0 Å². The number of hydrogen-bond acceptors (Lipinski definition) is 4. The van der Waals surface area contributed by atoms with Crippen LogP contribution in [0, 0.1) is 11.6 Å². The zero-order chi connectivity index (χ0) is 16.5. The Kier molecular flexibility index (Phi) is 4.81. The molecule has 1 N–H and O–H groups in total. The van der Waals surface area contributed by atoms with Gasteiger partial charge in [0.15, 0.2) is 16.8 Å². The third kappa shape index (κ3) is 4.23. The minimum absolute atomic E-state index is 0.292. The van der Waals surface area contributed by atoms with Crippen LogP contribution in [-0.2, 0) is 4.74 Å². The summed E-state index contributed by atoms with van der Waals surface area (Å²) in [4.78, 5) is 15.9. The van der Waals surface area contributed by atoms with Gasteiger partial charge in [0.05, 0.1) is 9.48 Å². The second-order valence-electron chi connectivity index (χ2n) is 5.40. The molecule has 118 valence electrons. The Labute approximate surface area is 138 Å². The Morgan fingerprint density at radius 3 is 2.59 bits per heavy atom. The van der Waals surface area contributed by atoms with Gasteiger partial charge in [0.25, 0.3) is 0 Å². The number of halogens is 3. The number of amides is 1. The number of rotatable bonds is 2. The van der Waals surface area contributed by atoms with Gasteiger partial charge in [-0.2, -0.15) is 0 Å². The molecule has 1 amide bonds. The molecule has 0 spiro atoms. The quantitative estimate of drug-likeness (QED) is 0.766. The number of nitrogens with one attached hydrogen (secondary N) is 1. The van der Waals surface area contributed by atoms with E-state index in [9.17, 15) is 13.6 Å². The van der Waals surface area contributed by atoms with Crippen LogP contribution in [-0.4, -0.2) is 16.7 Å². The molecule has 1 heterocycles. The molecular weight excluding hydrogens is 378 g/mol. The second-order valence-corrected chi connectivity index (χ2v) is 7.71. The lowest BCUT2D eigenvalue weighted by atomic mass is 10.2. The molecule has 4 nitrogen and oxygen atoms in total. The molecule has 2 aromatic rings. The van der Waals surface area contributed by atoms with Crippen LogP contribution in [0.2, 0.25) is 0 Å². The number of thiazole rings is 1. The first-order chi connectivity index (χ1) is 10.2. The molecule has 2 rings (SSSR count). The Bertz CT molecular complexity index is 713. The largest absolute Gasteiger partial charge is 0.444 e. The van der Waals surface area contributed by atoms with Crippen molar-refractivity contribution in [2.24, 2.45) is 0 Å². The molecular formula is C14H13BrF2N2O2S. The highest BCUT2D eigenvalue weighted by Crippen LogP contribution is 2.36. The number of benzene rings is 1. The van der Waals surface area contributed by atoms with Crippen molar-refractivity contribution in [1.82, 2.24) is 4.98 Å². The molecule has 0 saturated carbocycles. The topological polar surface area (TPSA) is 51.2 Å². The van der Waals surface area contributed by atoms with E-state index in [1.807, 2.05) is 0 Å². The van der Waals surface area contributed by atoms with E-state index < -0.39 is 23.3 Å². The summed E-state index contributed by atoms with van der Waals surface area (Å²) in [5.41, 5.74) is 0.191. The Morgan fingerprint density at radius 2 is 2.00 bits per heavy atom. The fourth-order valence-electron chi connectivity index (χ4n) is 1.57. The SMILES string of the molecule is CC(C)(C)OC(=O)Nc1nc(-c2ccc(F)c(F)c2)c(Br)s1. The lowest BCUT2D eigenvalue weighted by Crippen LogP contribution is -2.27. The van der Waals surface area contributed by atoms with Crippen LogP contribution in [0.5, 0.6) is 0 Å². The summed E-state index contributed by atoms with van der Waals surface area (Å²) in [7, 11) is 0. The monoisotopic (exact) mass is 390 g/mol. The summed E-state index contributed by atoms with van der Waals surface area (Å²) in [6, 6.07) is 3.49. The Hall–Kier alpha value is -1.54. The molecule has 0 radical (unpaired) electrons. The van der Waals surface area contributed by atoms with Crippen LogP contribution in [0.1, 0.15) is 20.8 Å². The molecule has 0 unspecified atom stereocenters. The van der Waals surface area contributed by atoms with E-state index in [2.05, 4.69) is 26.2 Å². The first-order valence-electron chi connectivity index (χ1n) is 6.27. The van der Waals surface area contributed by atoms with Crippen LogP contribution in [0.15, 0.2) is 22.0 Å². The first kappa shape index (κ1) is 16.8. The maximum absolute atomic E-state index is 13.3. The molecule has 0 aliphatic carbocycles. The molecule has 0 aliphatic heterocycles. The molecule has 0 fully saturated rings. The van der Waals surface area contributed by atoms with E-state index in [0.29, 0.717) is 20.2 Å². The van der Waals surface area contributed by atoms with Gasteiger partial charge in [-0.05, 0) is 54.9 Å². The highest BCUT2D eigenvalue weighted by atomic mass is 79.9. The van der Waals surface area contributed by atoms with Gasteiger partial charge >= 0.3 is 6.09 Å². The molecule has 0 saturated heterocycles. The van der Waals surface area contributed by atoms with E-state index in [4.69, 9.17) is 4.74 Å². The van der Waals surface area contributed by atoms with Crippen LogP contribution in [0.3, 0.4) is 0 Å². The van der Waals surface area contributed by atoms with Crippen molar-refractivity contribution in [3.05, 3.63) is 33.6 Å². The van der Waals surface area contributed by atoms with Gasteiger partial charge in [-0.25, -0.2) is 18.6 Å². The average Bonchev–Trinajstić information content (AvgIpc) is 2.71. The van der Waals surface area contributed by atoms with Crippen molar-refractivity contribution in [2.75, 3.05) is 5.32 Å². The molecule has 1 aromatic heterocycles. The summed E-state index contributed by atoms with van der Waals surface area (Å²) in [5, 5.41) is 2.80. The minimum Gasteiger partial charge on any atom is -0.444 e. The predicted molar refractivity (Wildman–Crippen MR) is 85.0 cm³/mol. The number of carbonyl (C=O) groups excluding carboxylic acids is 1. The third-order valence-electron chi connectivity index (χ3n) is 2.39. The van der Waals surface area contributed by atoms with Gasteiger partial charge in [-0.3, -0.25) is 5.32 Å². The normalized spacial score (nSPS) is 11.4. The molecule has 0 atom stereocenters. The molecule has 0 bridgehead atoms. The van der Waals surface area contributed by atoms with Crippen molar-refractivity contribution in [1.29, 1.82) is 0 Å². The van der Waals surface area contributed by atoms with Gasteiger partial charge in [0, 0.05) is 5.56 Å². The van der Waals surface area contributed by atoms with Crippen LogP contribution in [0.25, 0.3) is 11.3 Å². The van der Waals surface area contributed by atoms with E-state index in [0.717, 1.165) is 23.5 Å². The van der Waals surface area contributed by atoms with Gasteiger partial charge in [0.1, 0.15) is 5.60 Å². The number of hydrogen-bond donors (Lipinski definition) is 1. The van der Waals surface area contributed by atoms with Crippen molar-refractivity contribution >= 4 is 38.5 Å². The smallest absolute Gasteiger partial charge is 0.413 e. The van der Waals surface area contributed by atoms with Gasteiger partial charge in [-0.15, -0.1) is 0 Å². The van der Waals surface area contributed by atoms with Crippen molar-refractivity contribution in [3.63, 3.8) is 0 Å². The Morgan fingerprint density at radius 1 is 1.32 bits per heavy atom. The van der Waals surface area contributed by atoms with Gasteiger partial charge < -0.3 is 4.74 Å². The first-order valence-corrected chi connectivity index (χ1v) is 7.88. The average molecular weight is 391 g/mol. The number of aromatic nitrogens is 1. The lowest BCUT2D eigenvalue weighted by molar-refractivity contribution is 0.0636. The summed E-state index contributed by atoms with van der Waals surface area (Å²) in [6.45, 7) is 5.24. The maximum atomic E-state index is 13.3. The summed E-state index contributed by atoms with van der Waals surface area (Å²) >= 11 is 4.45. The number of ether oxygens (including phenoxy) is 1. The number of anilines is 1. The highest BCUT2D eigenvalue weighted by molar-refractivity contribution is 9.11. The van der Waals surface area contributed by atoms with Crippen molar-refractivity contribution in [2.45, 2.75) is 26.4 Å². The second kappa shape index (κ2) is 6.29. The van der Waals surface area contributed by atoms with Crippen molar-refractivity contribution < 1.29 is 18.3 Å². The molecule has 22 heavy (non-hydrogen) atoms. The fraction of sp³-hybridized carbons (Fsp3) is 0.286. The van der Waals surface area contributed by atoms with E-state index in [1.54, 1.807) is 20.8 Å². The summed E-state index contributed by atoms with van der Waals surface area (Å²) in [5.74, 6) is -1.89. The molecule has 1 aromatic carbocycles. The van der Waals surface area contributed by atoms with Gasteiger partial charge in [0.2, 0.25) is 0 Å². The third-order valence-corrected chi connectivity index (χ3v) is 4.01. The highest BCUT2D eigenvalue weighted by Gasteiger charge is 2.19. The predicted octanol–water partition coefficient (Wildman–Crippen LogP) is 5.20. The van der Waals surface area contributed by atoms with Crippen LogP contribution < -0.4 is 5.32 Å².